The molecule has 1 saturated heterocycles. The normalized spacial score (nSPS) is 26.0. The zero-order valence-electron chi connectivity index (χ0n) is 19.0. The minimum Gasteiger partial charge on any atom is -0.381 e. The summed E-state index contributed by atoms with van der Waals surface area (Å²) in [4.78, 5) is 15.1. The number of ether oxygens (including phenoxy) is 1. The molecule has 0 aromatic heterocycles. The van der Waals surface area contributed by atoms with E-state index in [1.807, 2.05) is 0 Å². The number of fused-ring (bicyclic) bond motifs is 1. The Kier molecular flexibility index (Phi) is 7.27. The number of carbonyl (C=O) groups excluding carboxylic acids is 1. The van der Waals surface area contributed by atoms with Gasteiger partial charge in [-0.25, -0.2) is 8.42 Å². The first-order chi connectivity index (χ1) is 16.0. The average molecular weight is 499 g/mol. The van der Waals surface area contributed by atoms with Crippen LogP contribution < -0.4 is 5.32 Å². The predicted octanol–water partition coefficient (Wildman–Crippen LogP) is 2.76. The second-order valence-corrected chi connectivity index (χ2v) is 11.2. The molecule has 1 aromatic carbocycles. The van der Waals surface area contributed by atoms with Gasteiger partial charge in [0.2, 0.25) is 15.7 Å². The molecule has 1 N–H and O–H groups in total. The molecule has 3 aliphatic rings. The van der Waals surface area contributed by atoms with Gasteiger partial charge in [0.15, 0.2) is 0 Å². The number of carbonyl (C=O) groups is 1. The third kappa shape index (κ3) is 6.12. The largest absolute Gasteiger partial charge is 0.416 e. The summed E-state index contributed by atoms with van der Waals surface area (Å²) in [7, 11) is -3.52. The number of benzene rings is 1. The molecule has 0 radical (unpaired) electrons. The Hall–Kier alpha value is -2.09. The van der Waals surface area contributed by atoms with E-state index in [0.29, 0.717) is 44.6 Å². The number of alkyl halides is 3. The van der Waals surface area contributed by atoms with Gasteiger partial charge in [0, 0.05) is 49.6 Å². The van der Waals surface area contributed by atoms with Crippen LogP contribution in [0.2, 0.25) is 0 Å². The van der Waals surface area contributed by atoms with Gasteiger partial charge in [0.1, 0.15) is 0 Å². The van der Waals surface area contributed by atoms with Crippen molar-refractivity contribution in [3.05, 3.63) is 34.9 Å². The van der Waals surface area contributed by atoms with Crippen LogP contribution in [0.25, 0.3) is 0 Å². The van der Waals surface area contributed by atoms with Crippen molar-refractivity contribution in [1.29, 1.82) is 0 Å². The summed E-state index contributed by atoms with van der Waals surface area (Å²) >= 11 is 0. The number of hydrogen-bond acceptors (Lipinski definition) is 5. The summed E-state index contributed by atoms with van der Waals surface area (Å²) in [5.74, 6) is 1.70. The molecule has 10 heteroatoms. The summed E-state index contributed by atoms with van der Waals surface area (Å²) in [6.45, 7) is 1.88. The van der Waals surface area contributed by atoms with E-state index in [9.17, 15) is 26.4 Å². The number of sulfone groups is 1. The number of nitrogens with zero attached hydrogens (tertiary/aromatic N) is 1. The van der Waals surface area contributed by atoms with E-state index in [1.54, 1.807) is 4.90 Å². The summed E-state index contributed by atoms with van der Waals surface area (Å²) in [5.41, 5.74) is 0.595. The first-order valence-electron chi connectivity index (χ1n) is 11.5. The Balaban J connectivity index is 1.51. The predicted molar refractivity (Wildman–Crippen MR) is 120 cm³/mol. The number of rotatable bonds is 3. The quantitative estimate of drug-likeness (QED) is 0.513. The Labute approximate surface area is 198 Å². The van der Waals surface area contributed by atoms with Gasteiger partial charge in [-0.15, -0.1) is 0 Å². The summed E-state index contributed by atoms with van der Waals surface area (Å²) < 4.78 is 68.1. The SMILES string of the molecule is CS(=O)(=O)C#CC1C[C@@H](NC2CCOCC2)C[C@H]1C(=O)N1CCc2ccc(C(F)(F)F)cc2C1. The highest BCUT2D eigenvalue weighted by Gasteiger charge is 2.41. The third-order valence-corrected chi connectivity index (χ3v) is 7.35. The average Bonchev–Trinajstić information content (AvgIpc) is 3.18. The lowest BCUT2D eigenvalue weighted by Crippen LogP contribution is -2.42. The van der Waals surface area contributed by atoms with Crippen molar-refractivity contribution >= 4 is 15.7 Å². The van der Waals surface area contributed by atoms with Gasteiger partial charge in [-0.2, -0.15) is 13.2 Å². The van der Waals surface area contributed by atoms with Crippen molar-refractivity contribution in [2.24, 2.45) is 11.8 Å². The molecule has 1 unspecified atom stereocenters. The van der Waals surface area contributed by atoms with Gasteiger partial charge in [-0.1, -0.05) is 12.0 Å². The van der Waals surface area contributed by atoms with Gasteiger partial charge in [-0.05, 0) is 55.4 Å². The number of halogens is 3. The number of amides is 1. The van der Waals surface area contributed by atoms with Gasteiger partial charge >= 0.3 is 6.18 Å². The molecule has 2 fully saturated rings. The maximum Gasteiger partial charge on any atom is 0.416 e. The molecule has 2 aliphatic heterocycles. The van der Waals surface area contributed by atoms with E-state index in [-0.39, 0.29) is 24.5 Å². The lowest BCUT2D eigenvalue weighted by Gasteiger charge is -2.32. The molecule has 1 amide bonds. The van der Waals surface area contributed by atoms with Crippen LogP contribution in [0.3, 0.4) is 0 Å². The van der Waals surface area contributed by atoms with E-state index >= 15 is 0 Å². The molecule has 6 nitrogen and oxygen atoms in total. The maximum atomic E-state index is 13.5. The van der Waals surface area contributed by atoms with Crippen molar-refractivity contribution in [2.45, 2.75) is 56.9 Å². The second-order valence-electron chi connectivity index (χ2n) is 9.44. The molecule has 34 heavy (non-hydrogen) atoms. The lowest BCUT2D eigenvalue weighted by atomic mass is 9.92. The van der Waals surface area contributed by atoms with Gasteiger partial charge in [0.25, 0.3) is 0 Å². The smallest absolute Gasteiger partial charge is 0.381 e. The van der Waals surface area contributed by atoms with Gasteiger partial charge < -0.3 is 15.0 Å². The Morgan fingerprint density at radius 2 is 1.88 bits per heavy atom. The maximum absolute atomic E-state index is 13.5. The molecule has 2 heterocycles. The molecule has 3 atom stereocenters. The second kappa shape index (κ2) is 9.88. The first kappa shape index (κ1) is 25.0. The van der Waals surface area contributed by atoms with Crippen LogP contribution in [0.5, 0.6) is 0 Å². The molecule has 1 aliphatic carbocycles. The molecule has 4 rings (SSSR count). The van der Waals surface area contributed by atoms with Crippen LogP contribution in [-0.4, -0.2) is 57.3 Å². The van der Waals surface area contributed by atoms with Crippen LogP contribution >= 0.6 is 0 Å². The zero-order chi connectivity index (χ0) is 24.5. The minimum atomic E-state index is -4.44. The van der Waals surface area contributed by atoms with Crippen LogP contribution in [0.1, 0.15) is 42.4 Å². The number of hydrogen-bond donors (Lipinski definition) is 1. The molecule has 1 aromatic rings. The van der Waals surface area contributed by atoms with E-state index in [4.69, 9.17) is 4.74 Å². The third-order valence-electron chi connectivity index (χ3n) is 6.86. The summed E-state index contributed by atoms with van der Waals surface area (Å²) in [6, 6.07) is 3.99. The fraction of sp³-hybridized carbons (Fsp3) is 0.625. The van der Waals surface area contributed by atoms with Crippen molar-refractivity contribution in [3.8, 4) is 11.2 Å². The first-order valence-corrected chi connectivity index (χ1v) is 13.4. The van der Waals surface area contributed by atoms with Crippen molar-refractivity contribution < 1.29 is 31.1 Å². The topological polar surface area (TPSA) is 75.7 Å². The Morgan fingerprint density at radius 3 is 2.56 bits per heavy atom. The van der Waals surface area contributed by atoms with Crippen molar-refractivity contribution in [3.63, 3.8) is 0 Å². The fourth-order valence-corrected chi connectivity index (χ4v) is 5.51. The highest BCUT2D eigenvalue weighted by Crippen LogP contribution is 2.36. The molecular formula is C24H29F3N2O4S. The minimum absolute atomic E-state index is 0.0184. The standard InChI is InChI=1S/C24H29F3N2O4S/c1-34(31,32)11-7-17-13-21(28-20-5-9-33-10-6-20)14-22(17)23(30)29-8-4-16-2-3-19(24(25,26)27)12-18(16)15-29/h2-3,12,17,20-22,28H,4-6,8-10,13-15H2,1H3/t17?,21-,22-/m1/s1. The van der Waals surface area contributed by atoms with Crippen LogP contribution in [0.4, 0.5) is 13.2 Å². The molecule has 0 spiro atoms. The van der Waals surface area contributed by atoms with E-state index in [2.05, 4.69) is 16.5 Å². The summed E-state index contributed by atoms with van der Waals surface area (Å²) in [6.07, 6.45) is -0.108. The van der Waals surface area contributed by atoms with Crippen molar-refractivity contribution in [1.82, 2.24) is 10.2 Å². The van der Waals surface area contributed by atoms with E-state index in [1.165, 1.54) is 6.07 Å². The van der Waals surface area contributed by atoms with E-state index in [0.717, 1.165) is 36.8 Å². The monoisotopic (exact) mass is 498 g/mol. The lowest BCUT2D eigenvalue weighted by molar-refractivity contribution is -0.137. The molecule has 0 bridgehead atoms. The molecule has 186 valence electrons. The number of nitrogens with one attached hydrogen (secondary N) is 1. The van der Waals surface area contributed by atoms with Crippen LogP contribution in [-0.2, 0) is 38.5 Å². The van der Waals surface area contributed by atoms with Gasteiger partial charge in [0.05, 0.1) is 17.7 Å². The van der Waals surface area contributed by atoms with Crippen LogP contribution in [0, 0.1) is 23.0 Å². The highest BCUT2D eigenvalue weighted by atomic mass is 32.2. The molecular weight excluding hydrogens is 469 g/mol. The van der Waals surface area contributed by atoms with Crippen LogP contribution in [0.15, 0.2) is 18.2 Å². The highest BCUT2D eigenvalue weighted by molar-refractivity contribution is 7.95. The fourth-order valence-electron chi connectivity index (χ4n) is 5.14. The zero-order valence-corrected chi connectivity index (χ0v) is 19.8. The summed E-state index contributed by atoms with van der Waals surface area (Å²) in [5, 5.41) is 5.87. The van der Waals surface area contributed by atoms with Gasteiger partial charge in [-0.3, -0.25) is 4.79 Å². The Bertz CT molecular complexity index is 1090. The Morgan fingerprint density at radius 1 is 1.15 bits per heavy atom. The van der Waals surface area contributed by atoms with Crippen molar-refractivity contribution in [2.75, 3.05) is 26.0 Å². The molecule has 1 saturated carbocycles. The van der Waals surface area contributed by atoms with E-state index < -0.39 is 33.4 Å².